The Morgan fingerprint density at radius 3 is 2.15 bits per heavy atom. The van der Waals surface area contributed by atoms with Crippen molar-refractivity contribution in [2.45, 2.75) is 6.61 Å². The molecule has 0 bridgehead atoms. The number of halogens is 1. The van der Waals surface area contributed by atoms with Gasteiger partial charge in [0.2, 0.25) is 0 Å². The Balaban J connectivity index is 1.31. The monoisotopic (exact) mass is 545 g/mol. The fraction of sp³-hybridized carbons (Fsp3) is 0.300. The minimum atomic E-state index is -0.628. The highest BCUT2D eigenvalue weighted by molar-refractivity contribution is 5.99. The fourth-order valence-corrected chi connectivity index (χ4v) is 4.92. The van der Waals surface area contributed by atoms with Crippen LogP contribution < -0.4 is 15.5 Å². The van der Waals surface area contributed by atoms with Crippen molar-refractivity contribution in [3.8, 4) is 0 Å². The Labute approximate surface area is 232 Å². The van der Waals surface area contributed by atoms with Gasteiger partial charge in [-0.1, -0.05) is 36.4 Å². The standard InChI is InChI=1S/C30H32FN5O4/c31-25-8-4-7-23(19-25)28(37)36-17-15-34(16-18-36)27-10-9-24(29(38)35-13-11-32-12-14-35)20-26(27)33-30(39)40-21-22-5-2-1-3-6-22/h1-10,19-20,32H,11-18,21H2,(H,33,39). The van der Waals surface area contributed by atoms with Crippen LogP contribution in [0.3, 0.4) is 0 Å². The third-order valence-corrected chi connectivity index (χ3v) is 7.08. The number of carbonyl (C=O) groups is 3. The van der Waals surface area contributed by atoms with Crippen LogP contribution in [0.25, 0.3) is 0 Å². The van der Waals surface area contributed by atoms with Crippen LogP contribution in [0.4, 0.5) is 20.6 Å². The fourth-order valence-electron chi connectivity index (χ4n) is 4.92. The summed E-state index contributed by atoms with van der Waals surface area (Å²) in [6.07, 6.45) is -0.628. The van der Waals surface area contributed by atoms with Gasteiger partial charge in [-0.05, 0) is 42.0 Å². The maximum absolute atomic E-state index is 13.6. The van der Waals surface area contributed by atoms with E-state index in [0.29, 0.717) is 56.1 Å². The van der Waals surface area contributed by atoms with Crippen molar-refractivity contribution < 1.29 is 23.5 Å². The van der Waals surface area contributed by atoms with Gasteiger partial charge < -0.3 is 24.8 Å². The Morgan fingerprint density at radius 2 is 1.45 bits per heavy atom. The lowest BCUT2D eigenvalue weighted by atomic mass is 10.1. The Kier molecular flexibility index (Phi) is 8.56. The molecule has 9 nitrogen and oxygen atoms in total. The SMILES string of the molecule is O=C(Nc1cc(C(=O)N2CCNCC2)ccc1N1CCN(C(=O)c2cccc(F)c2)CC1)OCc1ccccc1. The maximum Gasteiger partial charge on any atom is 0.412 e. The van der Waals surface area contributed by atoms with Crippen molar-refractivity contribution in [3.63, 3.8) is 0 Å². The molecule has 2 saturated heterocycles. The number of benzene rings is 3. The summed E-state index contributed by atoms with van der Waals surface area (Å²) in [6.45, 7) is 4.66. The highest BCUT2D eigenvalue weighted by Crippen LogP contribution is 2.29. The van der Waals surface area contributed by atoms with E-state index in [1.54, 1.807) is 28.0 Å². The van der Waals surface area contributed by atoms with Gasteiger partial charge in [0.25, 0.3) is 11.8 Å². The van der Waals surface area contributed by atoms with Crippen molar-refractivity contribution in [1.29, 1.82) is 0 Å². The van der Waals surface area contributed by atoms with Crippen LogP contribution in [0.2, 0.25) is 0 Å². The van der Waals surface area contributed by atoms with E-state index in [1.807, 2.05) is 36.4 Å². The lowest BCUT2D eigenvalue weighted by Gasteiger charge is -2.37. The van der Waals surface area contributed by atoms with E-state index in [1.165, 1.54) is 18.2 Å². The number of carbonyl (C=O) groups excluding carboxylic acids is 3. The van der Waals surface area contributed by atoms with Gasteiger partial charge in [0, 0.05) is 63.5 Å². The van der Waals surface area contributed by atoms with Gasteiger partial charge in [-0.3, -0.25) is 14.9 Å². The zero-order valence-corrected chi connectivity index (χ0v) is 22.1. The summed E-state index contributed by atoms with van der Waals surface area (Å²) in [6, 6.07) is 20.3. The first-order valence-corrected chi connectivity index (χ1v) is 13.4. The van der Waals surface area contributed by atoms with E-state index in [4.69, 9.17) is 4.74 Å². The minimum Gasteiger partial charge on any atom is -0.444 e. The van der Waals surface area contributed by atoms with Crippen molar-refractivity contribution in [2.75, 3.05) is 62.6 Å². The van der Waals surface area contributed by atoms with Crippen LogP contribution in [0, 0.1) is 5.82 Å². The molecule has 2 N–H and O–H groups in total. The van der Waals surface area contributed by atoms with Crippen molar-refractivity contribution in [1.82, 2.24) is 15.1 Å². The third kappa shape index (κ3) is 6.58. The molecule has 0 spiro atoms. The molecule has 2 aliphatic rings. The van der Waals surface area contributed by atoms with Crippen LogP contribution in [0.15, 0.2) is 72.8 Å². The quantitative estimate of drug-likeness (QED) is 0.492. The van der Waals surface area contributed by atoms with Crippen LogP contribution in [-0.4, -0.2) is 80.1 Å². The Morgan fingerprint density at radius 1 is 0.775 bits per heavy atom. The average Bonchev–Trinajstić information content (AvgIpc) is 3.00. The number of ether oxygens (including phenoxy) is 1. The molecule has 3 aromatic carbocycles. The molecule has 10 heteroatoms. The second-order valence-corrected chi connectivity index (χ2v) is 9.75. The van der Waals surface area contributed by atoms with Gasteiger partial charge in [-0.2, -0.15) is 0 Å². The molecular formula is C30H32FN5O4. The first-order valence-electron chi connectivity index (χ1n) is 13.4. The Bertz CT molecular complexity index is 1360. The summed E-state index contributed by atoms with van der Waals surface area (Å²) in [5.41, 5.74) is 2.84. The summed E-state index contributed by atoms with van der Waals surface area (Å²) >= 11 is 0. The second-order valence-electron chi connectivity index (χ2n) is 9.75. The summed E-state index contributed by atoms with van der Waals surface area (Å²) in [7, 11) is 0. The zero-order valence-electron chi connectivity index (χ0n) is 22.1. The summed E-state index contributed by atoms with van der Waals surface area (Å²) in [5.74, 6) is -0.770. The molecule has 0 aliphatic carbocycles. The van der Waals surface area contributed by atoms with Crippen molar-refractivity contribution >= 4 is 29.3 Å². The minimum absolute atomic E-state index is 0.0979. The first kappa shape index (κ1) is 27.1. The second kappa shape index (κ2) is 12.6. The zero-order chi connectivity index (χ0) is 27.9. The number of nitrogens with one attached hydrogen (secondary N) is 2. The normalized spacial score (nSPS) is 15.5. The molecule has 40 heavy (non-hydrogen) atoms. The molecule has 3 amide bonds. The number of amides is 3. The van der Waals surface area contributed by atoms with Crippen LogP contribution in [0.5, 0.6) is 0 Å². The first-order chi connectivity index (χ1) is 19.5. The molecule has 208 valence electrons. The molecule has 0 atom stereocenters. The molecule has 2 aliphatic heterocycles. The van der Waals surface area contributed by atoms with E-state index >= 15 is 0 Å². The number of hydrogen-bond donors (Lipinski definition) is 2. The number of nitrogens with zero attached hydrogens (tertiary/aromatic N) is 3. The maximum atomic E-state index is 13.6. The molecule has 2 fully saturated rings. The predicted molar refractivity (Wildman–Crippen MR) is 150 cm³/mol. The highest BCUT2D eigenvalue weighted by Gasteiger charge is 2.26. The van der Waals surface area contributed by atoms with Crippen LogP contribution >= 0.6 is 0 Å². The molecule has 5 rings (SSSR count). The largest absolute Gasteiger partial charge is 0.444 e. The molecular weight excluding hydrogens is 513 g/mol. The van der Waals surface area contributed by atoms with Gasteiger partial charge in [-0.15, -0.1) is 0 Å². The lowest BCUT2D eigenvalue weighted by molar-refractivity contribution is 0.0731. The Hall–Kier alpha value is -4.44. The van der Waals surface area contributed by atoms with Gasteiger partial charge >= 0.3 is 6.09 Å². The van der Waals surface area contributed by atoms with E-state index < -0.39 is 11.9 Å². The summed E-state index contributed by atoms with van der Waals surface area (Å²) in [5, 5.41) is 6.08. The number of piperazine rings is 2. The van der Waals surface area contributed by atoms with E-state index in [-0.39, 0.29) is 18.4 Å². The van der Waals surface area contributed by atoms with Gasteiger partial charge in [-0.25, -0.2) is 9.18 Å². The van der Waals surface area contributed by atoms with Gasteiger partial charge in [0.05, 0.1) is 11.4 Å². The predicted octanol–water partition coefficient (Wildman–Crippen LogP) is 3.58. The summed E-state index contributed by atoms with van der Waals surface area (Å²) < 4.78 is 19.1. The van der Waals surface area contributed by atoms with Crippen LogP contribution in [-0.2, 0) is 11.3 Å². The average molecular weight is 546 g/mol. The molecule has 0 saturated carbocycles. The van der Waals surface area contributed by atoms with E-state index in [2.05, 4.69) is 15.5 Å². The van der Waals surface area contributed by atoms with Gasteiger partial charge in [0.15, 0.2) is 0 Å². The van der Waals surface area contributed by atoms with E-state index in [9.17, 15) is 18.8 Å². The van der Waals surface area contributed by atoms with E-state index in [0.717, 1.165) is 24.3 Å². The number of rotatable bonds is 6. The molecule has 0 unspecified atom stereocenters. The topological polar surface area (TPSA) is 94.2 Å². The lowest BCUT2D eigenvalue weighted by Crippen LogP contribution is -2.49. The van der Waals surface area contributed by atoms with Crippen LogP contribution in [0.1, 0.15) is 26.3 Å². The molecule has 2 heterocycles. The van der Waals surface area contributed by atoms with Crippen molar-refractivity contribution in [3.05, 3.63) is 95.3 Å². The molecule has 0 aromatic heterocycles. The third-order valence-electron chi connectivity index (χ3n) is 7.08. The smallest absolute Gasteiger partial charge is 0.412 e. The number of hydrogen-bond acceptors (Lipinski definition) is 6. The summed E-state index contributed by atoms with van der Waals surface area (Å²) in [4.78, 5) is 44.4. The highest BCUT2D eigenvalue weighted by atomic mass is 19.1. The molecule has 3 aromatic rings. The van der Waals surface area contributed by atoms with Crippen molar-refractivity contribution in [2.24, 2.45) is 0 Å². The number of anilines is 2. The van der Waals surface area contributed by atoms with Gasteiger partial charge in [0.1, 0.15) is 12.4 Å². The molecule has 0 radical (unpaired) electrons.